The van der Waals surface area contributed by atoms with Gasteiger partial charge >= 0.3 is 0 Å². The van der Waals surface area contributed by atoms with Crippen molar-refractivity contribution in [2.45, 2.75) is 38.5 Å². The van der Waals surface area contributed by atoms with Gasteiger partial charge in [-0.3, -0.25) is 9.59 Å². The maximum absolute atomic E-state index is 12.9. The summed E-state index contributed by atoms with van der Waals surface area (Å²) >= 11 is 0. The summed E-state index contributed by atoms with van der Waals surface area (Å²) in [7, 11) is 0. The molecule has 1 aromatic rings. The number of ketones is 2. The second-order valence-electron chi connectivity index (χ2n) is 6.86. The molecular weight excluding hydrogens is 264 g/mol. The number of benzene rings is 1. The Morgan fingerprint density at radius 3 is 2.29 bits per heavy atom. The van der Waals surface area contributed by atoms with Crippen LogP contribution in [-0.4, -0.2) is 16.7 Å². The van der Waals surface area contributed by atoms with Gasteiger partial charge < -0.3 is 5.11 Å². The highest BCUT2D eigenvalue weighted by atomic mass is 16.3. The average molecular weight is 284 g/mol. The Morgan fingerprint density at radius 1 is 1.10 bits per heavy atom. The number of Topliss-reactive ketones (excluding diaryl/α,β-unsaturated/α-hetero) is 2. The van der Waals surface area contributed by atoms with E-state index in [2.05, 4.69) is 0 Å². The van der Waals surface area contributed by atoms with Crippen molar-refractivity contribution in [2.24, 2.45) is 23.7 Å². The quantitative estimate of drug-likeness (QED) is 0.850. The molecule has 3 nitrogen and oxygen atoms in total. The summed E-state index contributed by atoms with van der Waals surface area (Å²) in [5.41, 5.74) is 1.76. The normalized spacial score (nSPS) is 37.3. The Hall–Kier alpha value is -1.64. The van der Waals surface area contributed by atoms with Crippen molar-refractivity contribution in [1.82, 2.24) is 0 Å². The van der Waals surface area contributed by atoms with Crippen LogP contribution in [0.15, 0.2) is 18.2 Å². The highest BCUT2D eigenvalue weighted by Gasteiger charge is 2.61. The van der Waals surface area contributed by atoms with Crippen LogP contribution in [0.1, 0.15) is 43.2 Å². The van der Waals surface area contributed by atoms with E-state index in [0.29, 0.717) is 11.8 Å². The maximum atomic E-state index is 12.9. The zero-order valence-electron chi connectivity index (χ0n) is 12.2. The minimum absolute atomic E-state index is 0.0340. The van der Waals surface area contributed by atoms with E-state index in [1.54, 1.807) is 12.1 Å². The number of phenols is 1. The van der Waals surface area contributed by atoms with Gasteiger partial charge in [0, 0.05) is 11.8 Å². The molecule has 5 atom stereocenters. The molecule has 0 amide bonds. The molecule has 3 aliphatic rings. The smallest absolute Gasteiger partial charge is 0.151 e. The Labute approximate surface area is 124 Å². The van der Waals surface area contributed by atoms with Crippen LogP contribution in [0.25, 0.3) is 0 Å². The second-order valence-corrected chi connectivity index (χ2v) is 6.86. The van der Waals surface area contributed by atoms with Crippen molar-refractivity contribution in [3.63, 3.8) is 0 Å². The Bertz CT molecular complexity index is 605. The van der Waals surface area contributed by atoms with E-state index in [1.807, 2.05) is 13.0 Å². The van der Waals surface area contributed by atoms with Gasteiger partial charge in [0.15, 0.2) is 11.6 Å². The van der Waals surface area contributed by atoms with Crippen molar-refractivity contribution in [3.8, 4) is 5.75 Å². The van der Waals surface area contributed by atoms with Crippen molar-refractivity contribution >= 4 is 11.6 Å². The standard InChI is InChI=1S/C18H20O3/c1-2-9-5-6-12(19)8-13(9)16-17(20)14-10-3-4-11(7-10)15(14)18(16)21/h5-6,8,10-11,14-16,19H,2-4,7H2,1H3/t10-,11+,14-,15+,16?. The zero-order chi connectivity index (χ0) is 14.7. The molecule has 110 valence electrons. The number of hydrogen-bond donors (Lipinski definition) is 1. The third-order valence-electron chi connectivity index (χ3n) is 5.96. The molecule has 0 spiro atoms. The zero-order valence-corrected chi connectivity index (χ0v) is 12.2. The maximum Gasteiger partial charge on any atom is 0.151 e. The van der Waals surface area contributed by atoms with Crippen LogP contribution in [0.5, 0.6) is 5.75 Å². The average Bonchev–Trinajstić information content (AvgIpc) is 3.13. The molecule has 4 rings (SSSR count). The van der Waals surface area contributed by atoms with Gasteiger partial charge in [0.05, 0.1) is 0 Å². The largest absolute Gasteiger partial charge is 0.508 e. The highest BCUT2D eigenvalue weighted by molar-refractivity contribution is 6.16. The monoisotopic (exact) mass is 284 g/mol. The van der Waals surface area contributed by atoms with Crippen molar-refractivity contribution in [2.75, 3.05) is 0 Å². The molecule has 3 heteroatoms. The predicted octanol–water partition coefficient (Wildman–Crippen LogP) is 2.85. The Kier molecular flexibility index (Phi) is 2.75. The first-order valence-electron chi connectivity index (χ1n) is 8.01. The summed E-state index contributed by atoms with van der Waals surface area (Å²) in [6, 6.07) is 5.10. The molecule has 0 radical (unpaired) electrons. The fourth-order valence-electron chi connectivity index (χ4n) is 5.11. The fourth-order valence-corrected chi connectivity index (χ4v) is 5.11. The second kappa shape index (κ2) is 4.43. The lowest BCUT2D eigenvalue weighted by molar-refractivity contribution is -0.125. The summed E-state index contributed by atoms with van der Waals surface area (Å²) in [5, 5.41) is 9.76. The number of carbonyl (C=O) groups excluding carboxylic acids is 2. The summed E-state index contributed by atoms with van der Waals surface area (Å²) < 4.78 is 0. The molecule has 0 aromatic heterocycles. The van der Waals surface area contributed by atoms with Crippen LogP contribution < -0.4 is 0 Å². The summed E-state index contributed by atoms with van der Waals surface area (Å²) in [6.07, 6.45) is 4.06. The van der Waals surface area contributed by atoms with Gasteiger partial charge in [-0.1, -0.05) is 13.0 Å². The highest BCUT2D eigenvalue weighted by Crippen LogP contribution is 2.59. The number of carbonyl (C=O) groups is 2. The van der Waals surface area contributed by atoms with E-state index in [-0.39, 0.29) is 29.2 Å². The van der Waals surface area contributed by atoms with Gasteiger partial charge in [-0.2, -0.15) is 0 Å². The van der Waals surface area contributed by atoms with E-state index in [0.717, 1.165) is 36.8 Å². The van der Waals surface area contributed by atoms with E-state index in [1.165, 1.54) is 0 Å². The van der Waals surface area contributed by atoms with Gasteiger partial charge in [-0.15, -0.1) is 0 Å². The molecule has 3 fully saturated rings. The number of aromatic hydroxyl groups is 1. The van der Waals surface area contributed by atoms with E-state index < -0.39 is 5.92 Å². The summed E-state index contributed by atoms with van der Waals surface area (Å²) in [5.74, 6) is 0.567. The van der Waals surface area contributed by atoms with Gasteiger partial charge in [0.2, 0.25) is 0 Å². The van der Waals surface area contributed by atoms with Crippen molar-refractivity contribution in [1.29, 1.82) is 0 Å². The van der Waals surface area contributed by atoms with Crippen molar-refractivity contribution in [3.05, 3.63) is 29.3 Å². The first-order chi connectivity index (χ1) is 10.1. The minimum Gasteiger partial charge on any atom is -0.508 e. The van der Waals surface area contributed by atoms with Crippen LogP contribution in [0.3, 0.4) is 0 Å². The third kappa shape index (κ3) is 1.66. The molecule has 0 saturated heterocycles. The molecule has 21 heavy (non-hydrogen) atoms. The SMILES string of the molecule is CCc1ccc(O)cc1C1C(=O)[C@@H]2[C@@H]3CC[C@@H](C3)[C@@H]2C1=O. The lowest BCUT2D eigenvalue weighted by Crippen LogP contribution is -2.24. The molecule has 3 aliphatic carbocycles. The third-order valence-corrected chi connectivity index (χ3v) is 5.96. The molecule has 2 bridgehead atoms. The lowest BCUT2D eigenvalue weighted by atomic mass is 9.81. The van der Waals surface area contributed by atoms with Crippen LogP contribution >= 0.6 is 0 Å². The van der Waals surface area contributed by atoms with Gasteiger partial charge in [-0.25, -0.2) is 0 Å². The predicted molar refractivity (Wildman–Crippen MR) is 78.1 cm³/mol. The molecule has 1 aromatic carbocycles. The molecule has 1 unspecified atom stereocenters. The topological polar surface area (TPSA) is 54.4 Å². The minimum atomic E-state index is -0.620. The Morgan fingerprint density at radius 2 is 1.71 bits per heavy atom. The number of fused-ring (bicyclic) bond motifs is 5. The van der Waals surface area contributed by atoms with Gasteiger partial charge in [-0.05, 0) is 60.8 Å². The molecular formula is C18H20O3. The van der Waals surface area contributed by atoms with E-state index in [9.17, 15) is 14.7 Å². The molecule has 3 saturated carbocycles. The first-order valence-corrected chi connectivity index (χ1v) is 8.01. The van der Waals surface area contributed by atoms with E-state index >= 15 is 0 Å². The Balaban J connectivity index is 1.78. The van der Waals surface area contributed by atoms with E-state index in [4.69, 9.17) is 0 Å². The summed E-state index contributed by atoms with van der Waals surface area (Å²) in [4.78, 5) is 25.7. The van der Waals surface area contributed by atoms with Gasteiger partial charge in [0.1, 0.15) is 11.7 Å². The van der Waals surface area contributed by atoms with Crippen LogP contribution in [0.4, 0.5) is 0 Å². The molecule has 1 N–H and O–H groups in total. The number of phenolic OH excluding ortho intramolecular Hbond substituents is 1. The van der Waals surface area contributed by atoms with Crippen LogP contribution in [-0.2, 0) is 16.0 Å². The summed E-state index contributed by atoms with van der Waals surface area (Å²) in [6.45, 7) is 2.02. The molecule has 0 aliphatic heterocycles. The number of hydrogen-bond acceptors (Lipinski definition) is 3. The molecule has 0 heterocycles. The van der Waals surface area contributed by atoms with Crippen molar-refractivity contribution < 1.29 is 14.7 Å². The van der Waals surface area contributed by atoms with Gasteiger partial charge in [0.25, 0.3) is 0 Å². The van der Waals surface area contributed by atoms with Crippen LogP contribution in [0, 0.1) is 23.7 Å². The fraction of sp³-hybridized carbons (Fsp3) is 0.556. The lowest BCUT2D eigenvalue weighted by Gasteiger charge is -2.21. The number of aryl methyl sites for hydroxylation is 1. The first kappa shape index (κ1) is 13.1. The van der Waals surface area contributed by atoms with Crippen LogP contribution in [0.2, 0.25) is 0 Å². The number of rotatable bonds is 2.